The van der Waals surface area contributed by atoms with Crippen molar-refractivity contribution in [2.75, 3.05) is 20.7 Å². The van der Waals surface area contributed by atoms with E-state index in [0.717, 1.165) is 29.3 Å². The largest absolute Gasteiger partial charge is 0.275 e. The number of rotatable bonds is 6. The Morgan fingerprint density at radius 3 is 2.47 bits per heavy atom. The predicted molar refractivity (Wildman–Crippen MR) is 66.0 cm³/mol. The van der Waals surface area contributed by atoms with Crippen molar-refractivity contribution in [1.29, 1.82) is 0 Å². The van der Waals surface area contributed by atoms with Gasteiger partial charge in [0.25, 0.3) is 0 Å². The molecule has 1 aromatic carbocycles. The molecule has 0 aliphatic heterocycles. The summed E-state index contributed by atoms with van der Waals surface area (Å²) in [6.45, 7) is -0.0633. The van der Waals surface area contributed by atoms with Crippen LogP contribution in [-0.4, -0.2) is 40.1 Å². The number of hydrogen-bond acceptors (Lipinski definition) is 4. The van der Waals surface area contributed by atoms with Crippen LogP contribution in [0.4, 0.5) is 4.39 Å². The van der Waals surface area contributed by atoms with Gasteiger partial charge in [0, 0.05) is 20.0 Å². The van der Waals surface area contributed by atoms with Crippen LogP contribution in [0.25, 0.3) is 0 Å². The summed E-state index contributed by atoms with van der Waals surface area (Å²) < 4.78 is 38.5. The summed E-state index contributed by atoms with van der Waals surface area (Å²) >= 11 is 0. The zero-order chi connectivity index (χ0) is 14.5. The Labute approximate surface area is 111 Å². The number of amides is 1. The molecule has 0 heterocycles. The molecule has 106 valence electrons. The number of sulfonamides is 1. The highest BCUT2D eigenvalue weighted by molar-refractivity contribution is 7.89. The van der Waals surface area contributed by atoms with Crippen molar-refractivity contribution in [2.45, 2.75) is 11.3 Å². The lowest BCUT2D eigenvalue weighted by molar-refractivity contribution is -0.168. The van der Waals surface area contributed by atoms with Crippen LogP contribution < -0.4 is 4.72 Å². The smallest absolute Gasteiger partial charge is 0.247 e. The molecule has 1 amide bonds. The molecule has 1 N–H and O–H groups in total. The third-order valence-electron chi connectivity index (χ3n) is 2.38. The van der Waals surface area contributed by atoms with E-state index in [2.05, 4.69) is 9.56 Å². The third kappa shape index (κ3) is 4.58. The van der Waals surface area contributed by atoms with Crippen LogP contribution in [0.5, 0.6) is 0 Å². The first-order valence-electron chi connectivity index (χ1n) is 5.42. The van der Waals surface area contributed by atoms with Crippen LogP contribution >= 0.6 is 0 Å². The van der Waals surface area contributed by atoms with Crippen molar-refractivity contribution >= 4 is 15.9 Å². The molecule has 1 aromatic rings. The minimum Gasteiger partial charge on any atom is -0.275 e. The van der Waals surface area contributed by atoms with Gasteiger partial charge in [-0.3, -0.25) is 9.63 Å². The molecule has 0 atom stereocenters. The van der Waals surface area contributed by atoms with E-state index in [0.29, 0.717) is 0 Å². The number of hydroxylamine groups is 2. The Hall–Kier alpha value is -1.51. The van der Waals surface area contributed by atoms with Gasteiger partial charge in [-0.25, -0.2) is 22.6 Å². The summed E-state index contributed by atoms with van der Waals surface area (Å²) in [5, 5.41) is 1.01. The van der Waals surface area contributed by atoms with Crippen molar-refractivity contribution in [3.8, 4) is 0 Å². The second-order valence-corrected chi connectivity index (χ2v) is 5.44. The molecule has 0 unspecified atom stereocenters. The Morgan fingerprint density at radius 2 is 1.95 bits per heavy atom. The van der Waals surface area contributed by atoms with Crippen LogP contribution in [0.1, 0.15) is 6.42 Å². The maximum absolute atomic E-state index is 12.7. The van der Waals surface area contributed by atoms with E-state index >= 15 is 0 Å². The topological polar surface area (TPSA) is 75.7 Å². The van der Waals surface area contributed by atoms with Crippen LogP contribution in [-0.2, 0) is 19.7 Å². The highest BCUT2D eigenvalue weighted by Gasteiger charge is 2.15. The van der Waals surface area contributed by atoms with E-state index in [1.54, 1.807) is 0 Å². The minimum atomic E-state index is -3.73. The first kappa shape index (κ1) is 15.5. The molecule has 0 spiro atoms. The minimum absolute atomic E-state index is 0.0369. The highest BCUT2D eigenvalue weighted by Crippen LogP contribution is 2.09. The molecule has 19 heavy (non-hydrogen) atoms. The molecule has 0 aromatic heterocycles. The SMILES string of the molecule is CON(C)C(=O)CCNS(=O)(=O)c1ccc(F)cc1. The van der Waals surface area contributed by atoms with Crippen molar-refractivity contribution < 1.29 is 22.4 Å². The van der Waals surface area contributed by atoms with Gasteiger partial charge in [0.2, 0.25) is 15.9 Å². The quantitative estimate of drug-likeness (QED) is 0.775. The summed E-state index contributed by atoms with van der Waals surface area (Å²) in [6, 6.07) is 4.42. The number of halogens is 1. The average molecular weight is 290 g/mol. The Morgan fingerprint density at radius 1 is 1.37 bits per heavy atom. The van der Waals surface area contributed by atoms with Gasteiger partial charge >= 0.3 is 0 Å². The Bertz CT molecular complexity index is 530. The van der Waals surface area contributed by atoms with Gasteiger partial charge in [0.1, 0.15) is 5.82 Å². The second kappa shape index (κ2) is 6.60. The van der Waals surface area contributed by atoms with E-state index in [1.165, 1.54) is 14.2 Å². The van der Waals surface area contributed by atoms with E-state index in [-0.39, 0.29) is 23.8 Å². The van der Waals surface area contributed by atoms with E-state index in [4.69, 9.17) is 0 Å². The normalized spacial score (nSPS) is 11.3. The standard InChI is InChI=1S/C11H15FN2O4S/c1-14(18-2)11(15)7-8-13-19(16,17)10-5-3-9(12)4-6-10/h3-6,13H,7-8H2,1-2H3. The molecule has 0 aliphatic carbocycles. The van der Waals surface area contributed by atoms with Gasteiger partial charge in [-0.1, -0.05) is 0 Å². The van der Waals surface area contributed by atoms with Gasteiger partial charge in [0.15, 0.2) is 0 Å². The monoisotopic (exact) mass is 290 g/mol. The van der Waals surface area contributed by atoms with E-state index in [9.17, 15) is 17.6 Å². The number of nitrogens with one attached hydrogen (secondary N) is 1. The fourth-order valence-corrected chi connectivity index (χ4v) is 2.28. The molecule has 0 saturated heterocycles. The van der Waals surface area contributed by atoms with E-state index in [1.807, 2.05) is 0 Å². The highest BCUT2D eigenvalue weighted by atomic mass is 32.2. The van der Waals surface area contributed by atoms with Crippen molar-refractivity contribution in [3.05, 3.63) is 30.1 Å². The van der Waals surface area contributed by atoms with Gasteiger partial charge in [-0.15, -0.1) is 0 Å². The number of carbonyl (C=O) groups excluding carboxylic acids is 1. The molecule has 0 aliphatic rings. The summed E-state index contributed by atoms with van der Waals surface area (Å²) in [6.07, 6.45) is -0.0369. The lowest BCUT2D eigenvalue weighted by Gasteiger charge is -2.13. The van der Waals surface area contributed by atoms with Gasteiger partial charge in [-0.05, 0) is 24.3 Å². The summed E-state index contributed by atoms with van der Waals surface area (Å²) in [4.78, 5) is 16.0. The zero-order valence-electron chi connectivity index (χ0n) is 10.6. The van der Waals surface area contributed by atoms with Gasteiger partial charge < -0.3 is 0 Å². The van der Waals surface area contributed by atoms with Crippen LogP contribution in [0.2, 0.25) is 0 Å². The van der Waals surface area contributed by atoms with Crippen molar-refractivity contribution in [3.63, 3.8) is 0 Å². The first-order chi connectivity index (χ1) is 8.86. The summed E-state index contributed by atoms with van der Waals surface area (Å²) in [7, 11) is -0.972. The third-order valence-corrected chi connectivity index (χ3v) is 3.86. The van der Waals surface area contributed by atoms with Crippen LogP contribution in [0, 0.1) is 5.82 Å². The molecule has 0 fully saturated rings. The van der Waals surface area contributed by atoms with Crippen LogP contribution in [0.15, 0.2) is 29.2 Å². The number of carbonyl (C=O) groups is 1. The number of hydrogen-bond donors (Lipinski definition) is 1. The van der Waals surface area contributed by atoms with Gasteiger partial charge in [-0.2, -0.15) is 0 Å². The predicted octanol–water partition coefficient (Wildman–Crippen LogP) is 0.514. The molecule has 0 bridgehead atoms. The van der Waals surface area contributed by atoms with E-state index < -0.39 is 15.8 Å². The lowest BCUT2D eigenvalue weighted by Crippen LogP contribution is -2.31. The molecule has 1 rings (SSSR count). The van der Waals surface area contributed by atoms with Gasteiger partial charge in [0.05, 0.1) is 12.0 Å². The fourth-order valence-electron chi connectivity index (χ4n) is 1.25. The molecule has 0 saturated carbocycles. The fraction of sp³-hybridized carbons (Fsp3) is 0.364. The molecule has 0 radical (unpaired) electrons. The first-order valence-corrected chi connectivity index (χ1v) is 6.91. The Balaban J connectivity index is 2.57. The van der Waals surface area contributed by atoms with Crippen molar-refractivity contribution in [2.24, 2.45) is 0 Å². The maximum atomic E-state index is 12.7. The number of benzene rings is 1. The second-order valence-electron chi connectivity index (χ2n) is 3.68. The van der Waals surface area contributed by atoms with Crippen molar-refractivity contribution in [1.82, 2.24) is 9.79 Å². The molecule has 6 nitrogen and oxygen atoms in total. The maximum Gasteiger partial charge on any atom is 0.247 e. The lowest BCUT2D eigenvalue weighted by atomic mass is 10.4. The molecule has 8 heteroatoms. The summed E-state index contributed by atoms with van der Waals surface area (Å²) in [5.74, 6) is -0.875. The average Bonchev–Trinajstić information content (AvgIpc) is 2.37. The zero-order valence-corrected chi connectivity index (χ0v) is 11.4. The Kier molecular flexibility index (Phi) is 5.40. The van der Waals surface area contributed by atoms with Crippen LogP contribution in [0.3, 0.4) is 0 Å². The molecular formula is C11H15FN2O4S. The number of nitrogens with zero attached hydrogens (tertiary/aromatic N) is 1. The summed E-state index contributed by atoms with van der Waals surface area (Å²) in [5.41, 5.74) is 0. The molecular weight excluding hydrogens is 275 g/mol.